The van der Waals surface area contributed by atoms with Gasteiger partial charge in [-0.3, -0.25) is 9.59 Å². The number of anilines is 1. The number of halogens is 1. The molecule has 10 heteroatoms. The van der Waals surface area contributed by atoms with Gasteiger partial charge in [0.1, 0.15) is 12.1 Å². The molecule has 0 saturated carbocycles. The van der Waals surface area contributed by atoms with Crippen molar-refractivity contribution in [2.45, 2.75) is 31.8 Å². The average Bonchev–Trinajstić information content (AvgIpc) is 3.36. The molecule has 202 valence electrons. The monoisotopic (exact) mass is 530 g/mol. The number of nitrogens with zero attached hydrogens (tertiary/aromatic N) is 4. The number of benzene rings is 2. The van der Waals surface area contributed by atoms with Gasteiger partial charge in [-0.1, -0.05) is 18.2 Å². The van der Waals surface area contributed by atoms with E-state index >= 15 is 0 Å². The van der Waals surface area contributed by atoms with Crippen LogP contribution in [0.5, 0.6) is 0 Å². The molecule has 1 fully saturated rings. The number of ether oxygens (including phenoxy) is 1. The van der Waals surface area contributed by atoms with Gasteiger partial charge in [0.05, 0.1) is 28.9 Å². The van der Waals surface area contributed by atoms with Gasteiger partial charge in [0.2, 0.25) is 0 Å². The van der Waals surface area contributed by atoms with Gasteiger partial charge in [-0.2, -0.15) is 0 Å². The second-order valence-electron chi connectivity index (χ2n) is 9.64. The largest absolute Gasteiger partial charge is 0.383 e. The van der Waals surface area contributed by atoms with Crippen molar-refractivity contribution in [3.63, 3.8) is 0 Å². The highest BCUT2D eigenvalue weighted by Gasteiger charge is 2.29. The summed E-state index contributed by atoms with van der Waals surface area (Å²) in [6, 6.07) is 10.6. The number of amides is 2. The highest BCUT2D eigenvalue weighted by atomic mass is 19.1. The Hall–Kier alpha value is -4.15. The molecule has 2 amide bonds. The number of methoxy groups -OCH3 is 1. The SMILES string of the molecule is COCCn1cc(C(=O)N2CCC(c3cc(CN)ccc3F)CC2)c2c(NC(=O)c3cncnc3)cccc21. The standard InChI is InChI=1S/C29H31FN6O3/c1-39-12-11-36-17-23(27-25(3-2-4-26(27)36)34-28(37)21-15-32-18-33-16-21)29(38)35-9-7-20(8-10-35)22-13-19(14-31)5-6-24(22)30/h2-6,13,15-18,20H,7-12,14,31H2,1H3,(H,34,37). The Morgan fingerprint density at radius 3 is 2.64 bits per heavy atom. The number of likely N-dealkylation sites (tertiary alicyclic amines) is 1. The average molecular weight is 531 g/mol. The number of carbonyl (C=O) groups excluding carboxylic acids is 2. The lowest BCUT2D eigenvalue weighted by atomic mass is 9.88. The van der Waals surface area contributed by atoms with Crippen molar-refractivity contribution < 1.29 is 18.7 Å². The Balaban J connectivity index is 1.42. The number of fused-ring (bicyclic) bond motifs is 1. The van der Waals surface area contributed by atoms with E-state index in [1.165, 1.54) is 24.8 Å². The van der Waals surface area contributed by atoms with Gasteiger partial charge in [-0.05, 0) is 48.1 Å². The van der Waals surface area contributed by atoms with E-state index in [1.54, 1.807) is 24.1 Å². The van der Waals surface area contributed by atoms with Crippen LogP contribution in [-0.2, 0) is 17.8 Å². The minimum Gasteiger partial charge on any atom is -0.383 e. The fraction of sp³-hybridized carbons (Fsp3) is 0.310. The normalized spacial score (nSPS) is 14.1. The van der Waals surface area contributed by atoms with Crippen LogP contribution in [0.2, 0.25) is 0 Å². The Labute approximate surface area is 225 Å². The minimum absolute atomic E-state index is 0.0199. The summed E-state index contributed by atoms with van der Waals surface area (Å²) >= 11 is 0. The summed E-state index contributed by atoms with van der Waals surface area (Å²) < 4.78 is 21.8. The zero-order valence-electron chi connectivity index (χ0n) is 21.8. The third-order valence-corrected chi connectivity index (χ3v) is 7.26. The molecule has 3 N–H and O–H groups in total. The van der Waals surface area contributed by atoms with Crippen LogP contribution >= 0.6 is 0 Å². The first-order valence-corrected chi connectivity index (χ1v) is 12.9. The van der Waals surface area contributed by atoms with Crippen molar-refractivity contribution in [3.8, 4) is 0 Å². The van der Waals surface area contributed by atoms with Crippen LogP contribution in [0.15, 0.2) is 61.3 Å². The number of aromatic nitrogens is 3. The quantitative estimate of drug-likeness (QED) is 0.357. The van der Waals surface area contributed by atoms with Gasteiger partial charge in [-0.25, -0.2) is 14.4 Å². The van der Waals surface area contributed by atoms with Crippen LogP contribution in [0.25, 0.3) is 10.9 Å². The van der Waals surface area contributed by atoms with Crippen molar-refractivity contribution in [1.82, 2.24) is 19.4 Å². The molecule has 5 rings (SSSR count). The molecule has 2 aromatic carbocycles. The molecule has 1 aliphatic rings. The smallest absolute Gasteiger partial charge is 0.258 e. The van der Waals surface area contributed by atoms with E-state index in [0.29, 0.717) is 73.4 Å². The predicted molar refractivity (Wildman–Crippen MR) is 146 cm³/mol. The molecule has 1 saturated heterocycles. The van der Waals surface area contributed by atoms with Crippen LogP contribution < -0.4 is 11.1 Å². The molecule has 0 bridgehead atoms. The zero-order valence-corrected chi connectivity index (χ0v) is 21.8. The summed E-state index contributed by atoms with van der Waals surface area (Å²) in [5.74, 6) is -0.710. The van der Waals surface area contributed by atoms with Gasteiger partial charge < -0.3 is 25.3 Å². The number of hydrogen-bond donors (Lipinski definition) is 2. The number of carbonyl (C=O) groups is 2. The van der Waals surface area contributed by atoms with Crippen molar-refractivity contribution in [2.75, 3.05) is 32.1 Å². The molecular weight excluding hydrogens is 499 g/mol. The maximum absolute atomic E-state index is 14.6. The fourth-order valence-electron chi connectivity index (χ4n) is 5.20. The second-order valence-corrected chi connectivity index (χ2v) is 9.64. The molecule has 39 heavy (non-hydrogen) atoms. The first kappa shape index (κ1) is 26.5. The molecule has 0 aliphatic carbocycles. The summed E-state index contributed by atoms with van der Waals surface area (Å²) in [4.78, 5) is 36.4. The molecule has 9 nitrogen and oxygen atoms in total. The second kappa shape index (κ2) is 11.7. The Bertz CT molecular complexity index is 1480. The van der Waals surface area contributed by atoms with Gasteiger partial charge >= 0.3 is 0 Å². The van der Waals surface area contributed by atoms with Crippen molar-refractivity contribution in [3.05, 3.63) is 89.4 Å². The van der Waals surface area contributed by atoms with Crippen LogP contribution in [-0.4, -0.2) is 58.1 Å². The maximum atomic E-state index is 14.6. The number of rotatable bonds is 8. The van der Waals surface area contributed by atoms with Crippen LogP contribution in [0, 0.1) is 5.82 Å². The number of nitrogens with one attached hydrogen (secondary N) is 1. The van der Waals surface area contributed by atoms with E-state index in [9.17, 15) is 14.0 Å². The molecule has 1 aliphatic heterocycles. The highest BCUT2D eigenvalue weighted by molar-refractivity contribution is 6.15. The van der Waals surface area contributed by atoms with Gasteiger partial charge in [0.15, 0.2) is 0 Å². The lowest BCUT2D eigenvalue weighted by molar-refractivity contribution is 0.0713. The third-order valence-electron chi connectivity index (χ3n) is 7.26. The molecule has 2 aromatic heterocycles. The van der Waals surface area contributed by atoms with E-state index in [1.807, 2.05) is 29.0 Å². The van der Waals surface area contributed by atoms with Gasteiger partial charge in [0, 0.05) is 57.3 Å². The van der Waals surface area contributed by atoms with E-state index in [-0.39, 0.29) is 23.5 Å². The third kappa shape index (κ3) is 5.52. The lowest BCUT2D eigenvalue weighted by Crippen LogP contribution is -2.38. The summed E-state index contributed by atoms with van der Waals surface area (Å²) in [6.45, 7) is 2.36. The van der Waals surface area contributed by atoms with E-state index in [4.69, 9.17) is 10.5 Å². The molecule has 0 unspecified atom stereocenters. The van der Waals surface area contributed by atoms with Gasteiger partial charge in [-0.15, -0.1) is 0 Å². The Morgan fingerprint density at radius 1 is 1.15 bits per heavy atom. The van der Waals surface area contributed by atoms with E-state index < -0.39 is 0 Å². The Morgan fingerprint density at radius 2 is 1.92 bits per heavy atom. The van der Waals surface area contributed by atoms with Crippen LogP contribution in [0.1, 0.15) is 50.6 Å². The highest BCUT2D eigenvalue weighted by Crippen LogP contribution is 2.34. The number of hydrogen-bond acceptors (Lipinski definition) is 6. The molecule has 0 spiro atoms. The van der Waals surface area contributed by atoms with Crippen LogP contribution in [0.4, 0.5) is 10.1 Å². The fourth-order valence-corrected chi connectivity index (χ4v) is 5.20. The molecular formula is C29H31FN6O3. The van der Waals surface area contributed by atoms with Crippen molar-refractivity contribution in [1.29, 1.82) is 0 Å². The number of piperidine rings is 1. The van der Waals surface area contributed by atoms with Crippen molar-refractivity contribution in [2.24, 2.45) is 5.73 Å². The summed E-state index contributed by atoms with van der Waals surface area (Å²) in [6.07, 6.45) is 7.36. The molecule has 3 heterocycles. The summed E-state index contributed by atoms with van der Waals surface area (Å²) in [7, 11) is 1.63. The first-order valence-electron chi connectivity index (χ1n) is 12.9. The first-order chi connectivity index (χ1) is 19.0. The number of nitrogens with two attached hydrogens (primary N) is 1. The zero-order chi connectivity index (χ0) is 27.4. The lowest BCUT2D eigenvalue weighted by Gasteiger charge is -2.32. The van der Waals surface area contributed by atoms with Crippen molar-refractivity contribution >= 4 is 28.4 Å². The van der Waals surface area contributed by atoms with Gasteiger partial charge in [0.25, 0.3) is 11.8 Å². The summed E-state index contributed by atoms with van der Waals surface area (Å²) in [5.41, 5.74) is 9.46. The summed E-state index contributed by atoms with van der Waals surface area (Å²) in [5, 5.41) is 3.59. The Kier molecular flexibility index (Phi) is 7.94. The molecule has 0 radical (unpaired) electrons. The molecule has 0 atom stereocenters. The minimum atomic E-state index is -0.367. The van der Waals surface area contributed by atoms with E-state index in [2.05, 4.69) is 15.3 Å². The maximum Gasteiger partial charge on any atom is 0.258 e. The van der Waals surface area contributed by atoms with Crippen LogP contribution in [0.3, 0.4) is 0 Å². The topological polar surface area (TPSA) is 115 Å². The van der Waals surface area contributed by atoms with E-state index in [0.717, 1.165) is 11.1 Å². The molecule has 4 aromatic rings. The predicted octanol–water partition coefficient (Wildman–Crippen LogP) is 3.95.